The van der Waals surface area contributed by atoms with Crippen molar-refractivity contribution in [1.82, 2.24) is 10.2 Å². The van der Waals surface area contributed by atoms with Gasteiger partial charge in [-0.1, -0.05) is 170 Å². The Morgan fingerprint density at radius 3 is 1.50 bits per heavy atom. The van der Waals surface area contributed by atoms with Crippen LogP contribution in [0, 0.1) is 0 Å². The van der Waals surface area contributed by atoms with Gasteiger partial charge in [0, 0.05) is 24.2 Å². The Morgan fingerprint density at radius 1 is 0.486 bits per heavy atom. The van der Waals surface area contributed by atoms with E-state index in [-0.39, 0.29) is 59.5 Å². The topological polar surface area (TPSA) is 130 Å². The molecule has 0 radical (unpaired) electrons. The number of nitrogens with zero attached hydrogens (tertiary/aromatic N) is 1. The molecule has 1 heterocycles. The van der Waals surface area contributed by atoms with Crippen LogP contribution in [0.1, 0.15) is 87.7 Å². The van der Waals surface area contributed by atoms with E-state index < -0.39 is 29.9 Å². The molecule has 1 saturated heterocycles. The molecule has 0 spiro atoms. The zero-order valence-corrected chi connectivity index (χ0v) is 40.8. The van der Waals surface area contributed by atoms with E-state index in [0.717, 1.165) is 27.8 Å². The van der Waals surface area contributed by atoms with Gasteiger partial charge in [-0.25, -0.2) is 9.59 Å². The number of nitrogens with one attached hydrogen (secondary N) is 1. The lowest BCUT2D eigenvalue weighted by atomic mass is 9.95. The van der Waals surface area contributed by atoms with Gasteiger partial charge in [0.05, 0.1) is 17.2 Å². The molecule has 74 heavy (non-hydrogen) atoms. The van der Waals surface area contributed by atoms with Crippen molar-refractivity contribution >= 4 is 23.6 Å². The van der Waals surface area contributed by atoms with Gasteiger partial charge in [-0.15, -0.1) is 0 Å². The van der Waals surface area contributed by atoms with Gasteiger partial charge in [0.15, 0.2) is 0 Å². The largest absolute Gasteiger partial charge is 0.489 e. The summed E-state index contributed by atoms with van der Waals surface area (Å²) in [7, 11) is 0. The lowest BCUT2D eigenvalue weighted by Crippen LogP contribution is -2.50. The molecule has 1 N–H and O–H groups in total. The number of esters is 2. The molecule has 0 aliphatic carbocycles. The van der Waals surface area contributed by atoms with Gasteiger partial charge in [0.1, 0.15) is 55.3 Å². The summed E-state index contributed by atoms with van der Waals surface area (Å²) in [5, 5.41) is 3.22. The van der Waals surface area contributed by atoms with Crippen LogP contribution in [0.5, 0.6) is 17.2 Å². The number of benzene rings is 8. The van der Waals surface area contributed by atoms with Crippen molar-refractivity contribution in [2.75, 3.05) is 13.1 Å². The molecule has 8 aromatic carbocycles. The van der Waals surface area contributed by atoms with Crippen LogP contribution in [0.25, 0.3) is 0 Å². The third-order valence-electron chi connectivity index (χ3n) is 12.7. The Morgan fingerprint density at radius 2 is 0.959 bits per heavy atom. The minimum atomic E-state index is -0.752. The Bertz CT molecular complexity index is 3050. The van der Waals surface area contributed by atoms with Crippen LogP contribution in [0.2, 0.25) is 0 Å². The summed E-state index contributed by atoms with van der Waals surface area (Å²) < 4.78 is 31.2. The fraction of sp³-hybridized carbons (Fsp3) is 0.175. The van der Waals surface area contributed by atoms with Crippen molar-refractivity contribution in [2.24, 2.45) is 0 Å². The van der Waals surface area contributed by atoms with E-state index in [4.69, 9.17) is 23.7 Å². The fourth-order valence-corrected chi connectivity index (χ4v) is 8.79. The predicted molar refractivity (Wildman–Crippen MR) is 282 cm³/mol. The standard InChI is InChI=1S/C63H56N2O9/c66-60(53-29-16-17-30-54(53)63(69)73-44-49-27-14-5-15-28-49)59-57(71-42-47-23-10-3-11-24-47)37-51(38-58(59)72-43-48-25-12-4-13-26-48)62(68)74-56-31-18-36-65(39-45-19-6-1-7-20-45)40-55(56)64-61(67)50-32-34-52(35-33-50)70-41-46-21-8-2-9-22-46/h1-17,19-30,32-35,37-38,55-56H,18,31,36,39-44H2,(H,64,67)/t55-,56-/m1/s1. The number of hydrogen-bond donors (Lipinski definition) is 1. The monoisotopic (exact) mass is 984 g/mol. The highest BCUT2D eigenvalue weighted by atomic mass is 16.5. The third-order valence-corrected chi connectivity index (χ3v) is 12.7. The number of ketones is 1. The van der Waals surface area contributed by atoms with E-state index in [9.17, 15) is 14.4 Å². The summed E-state index contributed by atoms with van der Waals surface area (Å²) in [4.78, 5) is 60.1. The van der Waals surface area contributed by atoms with E-state index in [1.54, 1.807) is 48.5 Å². The number of carbonyl (C=O) groups is 4. The van der Waals surface area contributed by atoms with Gasteiger partial charge in [-0.2, -0.15) is 0 Å². The Labute approximate surface area is 431 Å². The molecule has 0 bridgehead atoms. The van der Waals surface area contributed by atoms with Crippen LogP contribution in [-0.2, 0) is 42.4 Å². The van der Waals surface area contributed by atoms with E-state index >= 15 is 4.79 Å². The first-order chi connectivity index (χ1) is 36.3. The molecular weight excluding hydrogens is 929 g/mol. The first-order valence-electron chi connectivity index (χ1n) is 24.7. The van der Waals surface area contributed by atoms with Gasteiger partial charge in [0.25, 0.3) is 5.91 Å². The van der Waals surface area contributed by atoms with Gasteiger partial charge < -0.3 is 29.0 Å². The summed E-state index contributed by atoms with van der Waals surface area (Å²) in [5.74, 6) is -1.59. The molecule has 1 aliphatic rings. The molecule has 9 rings (SSSR count). The molecule has 0 unspecified atom stereocenters. The fourth-order valence-electron chi connectivity index (χ4n) is 8.79. The second-order valence-electron chi connectivity index (χ2n) is 18.0. The van der Waals surface area contributed by atoms with E-state index in [1.165, 1.54) is 12.1 Å². The second kappa shape index (κ2) is 25.0. The zero-order valence-electron chi connectivity index (χ0n) is 40.8. The van der Waals surface area contributed by atoms with Crippen molar-refractivity contribution in [3.8, 4) is 17.2 Å². The van der Waals surface area contributed by atoms with Crippen LogP contribution in [0.15, 0.2) is 212 Å². The average molecular weight is 985 g/mol. The number of rotatable bonds is 20. The van der Waals surface area contributed by atoms with Gasteiger partial charge >= 0.3 is 11.9 Å². The predicted octanol–water partition coefficient (Wildman–Crippen LogP) is 11.6. The molecule has 0 aromatic heterocycles. The van der Waals surface area contributed by atoms with Crippen molar-refractivity contribution in [2.45, 2.75) is 58.0 Å². The maximum atomic E-state index is 15.1. The van der Waals surface area contributed by atoms with Crippen molar-refractivity contribution in [3.05, 3.63) is 268 Å². The van der Waals surface area contributed by atoms with Crippen molar-refractivity contribution < 1.29 is 42.9 Å². The lowest BCUT2D eigenvalue weighted by Gasteiger charge is -2.29. The first-order valence-corrected chi connectivity index (χ1v) is 24.7. The van der Waals surface area contributed by atoms with Crippen molar-refractivity contribution in [3.63, 3.8) is 0 Å². The number of likely N-dealkylation sites (tertiary alicyclic amines) is 1. The smallest absolute Gasteiger partial charge is 0.339 e. The van der Waals surface area contributed by atoms with Gasteiger partial charge in [-0.05, 0) is 89.7 Å². The first kappa shape index (κ1) is 50.2. The van der Waals surface area contributed by atoms with Crippen LogP contribution in [0.3, 0.4) is 0 Å². The number of hydrogen-bond acceptors (Lipinski definition) is 10. The molecule has 0 saturated carbocycles. The SMILES string of the molecule is O=C(N[C@@H]1CN(Cc2ccccc2)CCC[C@H]1OC(=O)c1cc(OCc2ccccc2)c(C(=O)c2ccccc2C(=O)OCc2ccccc2)c(OCc2ccccc2)c1)c1ccc(OCc2ccccc2)cc1. The highest BCUT2D eigenvalue weighted by molar-refractivity contribution is 6.17. The second-order valence-corrected chi connectivity index (χ2v) is 18.0. The zero-order chi connectivity index (χ0) is 50.9. The van der Waals surface area contributed by atoms with Crippen LogP contribution < -0.4 is 19.5 Å². The maximum Gasteiger partial charge on any atom is 0.339 e. The number of ether oxygens (including phenoxy) is 5. The summed E-state index contributed by atoms with van der Waals surface area (Å²) in [6.45, 7) is 2.20. The van der Waals surface area contributed by atoms with E-state index in [0.29, 0.717) is 50.4 Å². The van der Waals surface area contributed by atoms with Gasteiger partial charge in [0.2, 0.25) is 5.78 Å². The molecule has 1 aliphatic heterocycles. The normalized spacial score (nSPS) is 14.4. The quantitative estimate of drug-likeness (QED) is 0.0582. The highest BCUT2D eigenvalue weighted by Gasteiger charge is 2.34. The van der Waals surface area contributed by atoms with E-state index in [1.807, 2.05) is 140 Å². The van der Waals surface area contributed by atoms with Gasteiger partial charge in [-0.3, -0.25) is 14.5 Å². The van der Waals surface area contributed by atoms with Crippen LogP contribution in [-0.4, -0.2) is 53.8 Å². The molecule has 1 fully saturated rings. The maximum absolute atomic E-state index is 15.1. The van der Waals surface area contributed by atoms with E-state index in [2.05, 4.69) is 22.3 Å². The number of carbonyl (C=O) groups excluding carboxylic acids is 4. The summed E-state index contributed by atoms with van der Waals surface area (Å²) in [6, 6.07) is 63.8. The molecule has 1 amide bonds. The lowest BCUT2D eigenvalue weighted by molar-refractivity contribution is 0.0174. The molecule has 372 valence electrons. The van der Waals surface area contributed by atoms with Crippen LogP contribution in [0.4, 0.5) is 0 Å². The molecule has 11 nitrogen and oxygen atoms in total. The summed E-state index contributed by atoms with van der Waals surface area (Å²) in [6.07, 6.45) is 0.386. The Hall–Kier alpha value is -8.80. The Kier molecular flexibility index (Phi) is 17.0. The third kappa shape index (κ3) is 13.6. The summed E-state index contributed by atoms with van der Waals surface area (Å²) >= 11 is 0. The summed E-state index contributed by atoms with van der Waals surface area (Å²) in [5.41, 5.74) is 5.14. The highest BCUT2D eigenvalue weighted by Crippen LogP contribution is 2.36. The van der Waals surface area contributed by atoms with Crippen LogP contribution >= 0.6 is 0 Å². The minimum Gasteiger partial charge on any atom is -0.489 e. The number of amides is 1. The molecule has 8 aromatic rings. The molecule has 2 atom stereocenters. The average Bonchev–Trinajstić information content (AvgIpc) is 3.64. The molecule has 11 heteroatoms. The minimum absolute atomic E-state index is 0.00404. The molecular formula is C63H56N2O9. The van der Waals surface area contributed by atoms with Crippen molar-refractivity contribution in [1.29, 1.82) is 0 Å². The Balaban J connectivity index is 1.03.